The molecule has 0 bridgehead atoms. The van der Waals surface area contributed by atoms with Gasteiger partial charge in [-0.15, -0.1) is 0 Å². The van der Waals surface area contributed by atoms with Gasteiger partial charge in [-0.25, -0.2) is 0 Å². The van der Waals surface area contributed by atoms with Crippen LogP contribution in [0.1, 0.15) is 29.3 Å². The van der Waals surface area contributed by atoms with Crippen LogP contribution in [0.3, 0.4) is 0 Å². The molecule has 2 N–H and O–H groups in total. The number of nitrogens with one attached hydrogen (secondary N) is 2. The summed E-state index contributed by atoms with van der Waals surface area (Å²) in [6.07, 6.45) is -0.193. The minimum absolute atomic E-state index is 0.362. The lowest BCUT2D eigenvalue weighted by molar-refractivity contribution is -0.128. The van der Waals surface area contributed by atoms with Crippen molar-refractivity contribution >= 4 is 34.4 Å². The molecule has 0 radical (unpaired) electrons. The molecule has 0 heterocycles. The molecular weight excluding hydrogens is 419 g/mol. The molecule has 0 aliphatic carbocycles. The van der Waals surface area contributed by atoms with Gasteiger partial charge in [-0.2, -0.15) is 0 Å². The van der Waals surface area contributed by atoms with Crippen LogP contribution in [0.4, 0.5) is 0 Å². The highest BCUT2D eigenvalue weighted by Gasteiger charge is 2.19. The van der Waals surface area contributed by atoms with E-state index in [0.29, 0.717) is 17.7 Å². The Hall–Kier alpha value is -2.09. The molecule has 0 unspecified atom stereocenters. The molecule has 24 heavy (non-hydrogen) atoms. The van der Waals surface area contributed by atoms with Crippen molar-refractivity contribution in [3.8, 4) is 5.75 Å². The first-order valence-electron chi connectivity index (χ1n) is 7.59. The summed E-state index contributed by atoms with van der Waals surface area (Å²) in [5, 5.41) is 0. The molecule has 0 spiro atoms. The van der Waals surface area contributed by atoms with Crippen LogP contribution >= 0.6 is 22.6 Å². The van der Waals surface area contributed by atoms with Crippen LogP contribution in [0.15, 0.2) is 48.5 Å². The summed E-state index contributed by atoms with van der Waals surface area (Å²) in [5.41, 5.74) is 6.47. The zero-order valence-corrected chi connectivity index (χ0v) is 15.7. The molecule has 2 aromatic carbocycles. The number of amides is 2. The zero-order valence-electron chi connectivity index (χ0n) is 13.5. The van der Waals surface area contributed by atoms with Crippen LogP contribution in [0.5, 0.6) is 5.75 Å². The fourth-order valence-electron chi connectivity index (χ4n) is 2.01. The minimum Gasteiger partial charge on any atom is -0.481 e. The van der Waals surface area contributed by atoms with E-state index in [1.165, 1.54) is 0 Å². The van der Waals surface area contributed by atoms with Gasteiger partial charge in [0.2, 0.25) is 0 Å². The number of hydrogen-bond acceptors (Lipinski definition) is 3. The number of ether oxygens (including phenoxy) is 1. The van der Waals surface area contributed by atoms with Crippen molar-refractivity contribution in [1.82, 2.24) is 10.9 Å². The van der Waals surface area contributed by atoms with Gasteiger partial charge in [-0.3, -0.25) is 20.4 Å². The van der Waals surface area contributed by atoms with E-state index in [-0.39, 0.29) is 5.91 Å². The minimum atomic E-state index is -0.678. The predicted octanol–water partition coefficient (Wildman–Crippen LogP) is 3.22. The number of carbonyl (C=O) groups is 2. The topological polar surface area (TPSA) is 67.4 Å². The Morgan fingerprint density at radius 3 is 2.38 bits per heavy atom. The van der Waals surface area contributed by atoms with E-state index >= 15 is 0 Å². The third-order valence-electron chi connectivity index (χ3n) is 3.38. The molecule has 0 saturated carbocycles. The maximum Gasteiger partial charge on any atom is 0.279 e. The number of rotatable bonds is 5. The number of benzene rings is 2. The van der Waals surface area contributed by atoms with Crippen LogP contribution < -0.4 is 15.6 Å². The number of halogens is 1. The molecule has 0 aliphatic rings. The molecule has 5 nitrogen and oxygen atoms in total. The molecule has 126 valence electrons. The second-order valence-electron chi connectivity index (χ2n) is 5.25. The molecule has 0 aliphatic heterocycles. The van der Waals surface area contributed by atoms with E-state index in [1.54, 1.807) is 12.1 Å². The molecule has 2 rings (SSSR count). The van der Waals surface area contributed by atoms with Crippen molar-refractivity contribution in [2.75, 3.05) is 0 Å². The summed E-state index contributed by atoms with van der Waals surface area (Å²) < 4.78 is 6.49. The van der Waals surface area contributed by atoms with Gasteiger partial charge in [0.25, 0.3) is 11.8 Å². The fourth-order valence-corrected chi connectivity index (χ4v) is 2.65. The van der Waals surface area contributed by atoms with Crippen molar-refractivity contribution in [1.29, 1.82) is 0 Å². The van der Waals surface area contributed by atoms with Crippen molar-refractivity contribution < 1.29 is 14.3 Å². The van der Waals surface area contributed by atoms with Gasteiger partial charge in [-0.1, -0.05) is 36.8 Å². The van der Waals surface area contributed by atoms with Crippen LogP contribution in [0, 0.1) is 10.5 Å². The first-order valence-corrected chi connectivity index (χ1v) is 8.67. The van der Waals surface area contributed by atoms with Gasteiger partial charge >= 0.3 is 0 Å². The van der Waals surface area contributed by atoms with Crippen molar-refractivity contribution in [3.05, 3.63) is 63.2 Å². The standard InChI is InChI=1S/C18H19IN2O3/c1-3-16(24-13-10-8-12(2)9-11-13)18(23)21-20-17(22)14-6-4-5-7-15(14)19/h4-11,16H,3H2,1-2H3,(H,20,22)(H,21,23)/t16-/m0/s1. The van der Waals surface area contributed by atoms with E-state index in [2.05, 4.69) is 33.4 Å². The average molecular weight is 438 g/mol. The molecular formula is C18H19IN2O3. The van der Waals surface area contributed by atoms with E-state index in [9.17, 15) is 9.59 Å². The Kier molecular flexibility index (Phi) is 6.60. The highest BCUT2D eigenvalue weighted by molar-refractivity contribution is 14.1. The lowest BCUT2D eigenvalue weighted by Crippen LogP contribution is -2.48. The van der Waals surface area contributed by atoms with Gasteiger partial charge < -0.3 is 4.74 Å². The Morgan fingerprint density at radius 1 is 1.08 bits per heavy atom. The monoisotopic (exact) mass is 438 g/mol. The van der Waals surface area contributed by atoms with Crippen molar-refractivity contribution in [3.63, 3.8) is 0 Å². The molecule has 1 atom stereocenters. The second-order valence-corrected chi connectivity index (χ2v) is 6.41. The normalized spacial score (nSPS) is 11.5. The highest BCUT2D eigenvalue weighted by Crippen LogP contribution is 2.15. The molecule has 2 aromatic rings. The zero-order chi connectivity index (χ0) is 17.5. The molecule has 0 aromatic heterocycles. The maximum absolute atomic E-state index is 12.2. The highest BCUT2D eigenvalue weighted by atomic mass is 127. The van der Waals surface area contributed by atoms with E-state index < -0.39 is 12.0 Å². The summed E-state index contributed by atoms with van der Waals surface area (Å²) in [7, 11) is 0. The van der Waals surface area contributed by atoms with Crippen LogP contribution in [-0.4, -0.2) is 17.9 Å². The lowest BCUT2D eigenvalue weighted by atomic mass is 10.2. The summed E-state index contributed by atoms with van der Waals surface area (Å²) in [5.74, 6) is -0.137. The number of carbonyl (C=O) groups excluding carboxylic acids is 2. The average Bonchev–Trinajstić information content (AvgIpc) is 2.59. The summed E-state index contributed by atoms with van der Waals surface area (Å²) in [4.78, 5) is 24.3. The Morgan fingerprint density at radius 2 is 1.75 bits per heavy atom. The smallest absolute Gasteiger partial charge is 0.279 e. The summed E-state index contributed by atoms with van der Waals surface area (Å²) >= 11 is 2.07. The first kappa shape index (κ1) is 18.3. The quantitative estimate of drug-likeness (QED) is 0.557. The van der Waals surface area contributed by atoms with Gasteiger partial charge in [0.05, 0.1) is 5.56 Å². The number of hydrogen-bond donors (Lipinski definition) is 2. The SMILES string of the molecule is CC[C@H](Oc1ccc(C)cc1)C(=O)NNC(=O)c1ccccc1I. The van der Waals surface area contributed by atoms with Crippen LogP contribution in [0.25, 0.3) is 0 Å². The Balaban J connectivity index is 1.93. The summed E-state index contributed by atoms with van der Waals surface area (Å²) in [6.45, 7) is 3.83. The Bertz CT molecular complexity index is 716. The van der Waals surface area contributed by atoms with Crippen LogP contribution in [0.2, 0.25) is 0 Å². The lowest BCUT2D eigenvalue weighted by Gasteiger charge is -2.17. The fraction of sp³-hybridized carbons (Fsp3) is 0.222. The van der Waals surface area contributed by atoms with E-state index in [4.69, 9.17) is 4.74 Å². The van der Waals surface area contributed by atoms with Gasteiger partial charge in [-0.05, 0) is 60.2 Å². The van der Waals surface area contributed by atoms with Crippen LogP contribution in [-0.2, 0) is 4.79 Å². The predicted molar refractivity (Wildman–Crippen MR) is 101 cm³/mol. The molecule has 0 saturated heterocycles. The summed E-state index contributed by atoms with van der Waals surface area (Å²) in [6, 6.07) is 14.6. The second kappa shape index (κ2) is 8.68. The van der Waals surface area contributed by atoms with Gasteiger partial charge in [0, 0.05) is 3.57 Å². The molecule has 6 heteroatoms. The van der Waals surface area contributed by atoms with Gasteiger partial charge in [0.15, 0.2) is 6.10 Å². The number of hydrazine groups is 1. The van der Waals surface area contributed by atoms with Crippen molar-refractivity contribution in [2.45, 2.75) is 26.4 Å². The third-order valence-corrected chi connectivity index (χ3v) is 4.32. The Labute approximate surface area is 154 Å². The van der Waals surface area contributed by atoms with E-state index in [0.717, 1.165) is 9.13 Å². The van der Waals surface area contributed by atoms with Crippen molar-refractivity contribution in [2.24, 2.45) is 0 Å². The largest absolute Gasteiger partial charge is 0.481 e. The molecule has 2 amide bonds. The maximum atomic E-state index is 12.2. The van der Waals surface area contributed by atoms with E-state index in [1.807, 2.05) is 50.2 Å². The third kappa shape index (κ3) is 4.95. The van der Waals surface area contributed by atoms with Gasteiger partial charge in [0.1, 0.15) is 5.75 Å². The molecule has 0 fully saturated rings. The first-order chi connectivity index (χ1) is 11.5. The number of aryl methyl sites for hydroxylation is 1.